The van der Waals surface area contributed by atoms with Crippen LogP contribution in [-0.2, 0) is 0 Å². The standard InChI is InChI=1S/C13H8BrClN4S/c14-9-5-4-8(15)7-11(9)19-12(17-18-13(19)20)10-3-1-2-6-16-10/h1-7H,(H,18,20). The highest BCUT2D eigenvalue weighted by molar-refractivity contribution is 9.10. The SMILES string of the molecule is S=c1[nH]nc(-c2ccccn2)n1-c1cc(Cl)ccc1Br. The molecule has 100 valence electrons. The Morgan fingerprint density at radius 1 is 1.25 bits per heavy atom. The molecule has 0 spiro atoms. The van der Waals surface area contributed by atoms with Crippen molar-refractivity contribution in [3.63, 3.8) is 0 Å². The van der Waals surface area contributed by atoms with Crippen LogP contribution >= 0.6 is 39.7 Å². The summed E-state index contributed by atoms with van der Waals surface area (Å²) in [5.41, 5.74) is 1.55. The number of pyridine rings is 1. The Bertz CT molecular complexity index is 813. The van der Waals surface area contributed by atoms with Gasteiger partial charge in [-0.15, -0.1) is 0 Å². The van der Waals surface area contributed by atoms with Crippen LogP contribution < -0.4 is 0 Å². The molecule has 0 aliphatic carbocycles. The van der Waals surface area contributed by atoms with E-state index in [0.717, 1.165) is 15.9 Å². The second-order valence-electron chi connectivity index (χ2n) is 4.00. The van der Waals surface area contributed by atoms with Crippen molar-refractivity contribution in [2.75, 3.05) is 0 Å². The van der Waals surface area contributed by atoms with Gasteiger partial charge < -0.3 is 0 Å². The van der Waals surface area contributed by atoms with Gasteiger partial charge in [0.15, 0.2) is 10.6 Å². The summed E-state index contributed by atoms with van der Waals surface area (Å²) < 4.78 is 3.15. The molecule has 2 aromatic heterocycles. The molecule has 0 unspecified atom stereocenters. The third-order valence-corrected chi connectivity index (χ3v) is 3.89. The molecule has 0 saturated carbocycles. The summed E-state index contributed by atoms with van der Waals surface area (Å²) in [5.74, 6) is 0.638. The highest BCUT2D eigenvalue weighted by Gasteiger charge is 2.14. The molecule has 0 amide bonds. The summed E-state index contributed by atoms with van der Waals surface area (Å²) in [6.07, 6.45) is 1.71. The Labute approximate surface area is 133 Å². The van der Waals surface area contributed by atoms with Crippen LogP contribution in [0.5, 0.6) is 0 Å². The molecular formula is C13H8BrClN4S. The van der Waals surface area contributed by atoms with Crippen LogP contribution in [0, 0.1) is 4.77 Å². The topological polar surface area (TPSA) is 46.5 Å². The van der Waals surface area contributed by atoms with E-state index in [0.29, 0.717) is 15.6 Å². The third-order valence-electron chi connectivity index (χ3n) is 2.72. The summed E-state index contributed by atoms with van der Waals surface area (Å²) in [7, 11) is 0. The van der Waals surface area contributed by atoms with E-state index in [1.165, 1.54) is 0 Å². The molecule has 0 fully saturated rings. The quantitative estimate of drug-likeness (QED) is 0.683. The minimum absolute atomic E-state index is 0.480. The number of hydrogen-bond donors (Lipinski definition) is 1. The Morgan fingerprint density at radius 2 is 2.10 bits per heavy atom. The van der Waals surface area contributed by atoms with Crippen LogP contribution in [0.15, 0.2) is 47.1 Å². The first kappa shape index (κ1) is 13.5. The lowest BCUT2D eigenvalue weighted by molar-refractivity contribution is 1.02. The van der Waals surface area contributed by atoms with Crippen molar-refractivity contribution in [3.05, 3.63) is 56.9 Å². The Balaban J connectivity index is 2.27. The Kier molecular flexibility index (Phi) is 3.69. The van der Waals surface area contributed by atoms with Crippen molar-refractivity contribution in [2.45, 2.75) is 0 Å². The molecule has 0 atom stereocenters. The number of nitrogens with one attached hydrogen (secondary N) is 1. The normalized spacial score (nSPS) is 10.7. The average Bonchev–Trinajstić information content (AvgIpc) is 2.84. The zero-order chi connectivity index (χ0) is 14.1. The van der Waals surface area contributed by atoms with Gasteiger partial charge in [-0.1, -0.05) is 17.7 Å². The fourth-order valence-corrected chi connectivity index (χ4v) is 2.67. The smallest absolute Gasteiger partial charge is 0.200 e. The molecule has 20 heavy (non-hydrogen) atoms. The fourth-order valence-electron chi connectivity index (χ4n) is 1.84. The number of H-pyrrole nitrogens is 1. The third kappa shape index (κ3) is 2.42. The number of benzene rings is 1. The molecule has 1 aromatic carbocycles. The van der Waals surface area contributed by atoms with Crippen molar-refractivity contribution < 1.29 is 0 Å². The van der Waals surface area contributed by atoms with Crippen molar-refractivity contribution in [3.8, 4) is 17.2 Å². The molecule has 3 rings (SSSR count). The molecule has 3 aromatic rings. The van der Waals surface area contributed by atoms with Crippen molar-refractivity contribution in [2.24, 2.45) is 0 Å². The summed E-state index contributed by atoms with van der Waals surface area (Å²) in [6, 6.07) is 11.1. The monoisotopic (exact) mass is 366 g/mol. The van der Waals surface area contributed by atoms with Crippen LogP contribution in [0.3, 0.4) is 0 Å². The van der Waals surface area contributed by atoms with Gasteiger partial charge in [0.1, 0.15) is 5.69 Å². The van der Waals surface area contributed by atoms with Gasteiger partial charge in [-0.25, -0.2) is 0 Å². The molecule has 0 aliphatic heterocycles. The molecule has 0 radical (unpaired) electrons. The fraction of sp³-hybridized carbons (Fsp3) is 0. The van der Waals surface area contributed by atoms with E-state index >= 15 is 0 Å². The zero-order valence-electron chi connectivity index (χ0n) is 10.0. The van der Waals surface area contributed by atoms with Gasteiger partial charge >= 0.3 is 0 Å². The number of aromatic nitrogens is 4. The second kappa shape index (κ2) is 5.47. The van der Waals surface area contributed by atoms with Gasteiger partial charge in [-0.2, -0.15) is 5.10 Å². The van der Waals surface area contributed by atoms with Gasteiger partial charge in [-0.05, 0) is 58.5 Å². The van der Waals surface area contributed by atoms with Gasteiger partial charge in [0.2, 0.25) is 0 Å². The molecule has 0 bridgehead atoms. The first-order valence-electron chi connectivity index (χ1n) is 5.71. The van der Waals surface area contributed by atoms with Gasteiger partial charge in [0.05, 0.1) is 5.69 Å². The highest BCUT2D eigenvalue weighted by Crippen LogP contribution is 2.28. The van der Waals surface area contributed by atoms with Crippen LogP contribution in [-0.4, -0.2) is 19.7 Å². The van der Waals surface area contributed by atoms with E-state index in [-0.39, 0.29) is 0 Å². The lowest BCUT2D eigenvalue weighted by Gasteiger charge is -2.09. The summed E-state index contributed by atoms with van der Waals surface area (Å²) in [4.78, 5) is 4.30. The summed E-state index contributed by atoms with van der Waals surface area (Å²) in [5, 5.41) is 7.67. The van der Waals surface area contributed by atoms with Crippen LogP contribution in [0.4, 0.5) is 0 Å². The molecule has 1 N–H and O–H groups in total. The lowest BCUT2D eigenvalue weighted by atomic mass is 10.3. The van der Waals surface area contributed by atoms with E-state index in [4.69, 9.17) is 23.8 Å². The number of nitrogens with zero attached hydrogens (tertiary/aromatic N) is 3. The average molecular weight is 368 g/mol. The largest absolute Gasteiger partial charge is 0.266 e. The Hall–Kier alpha value is -1.50. The first-order chi connectivity index (χ1) is 9.66. The first-order valence-corrected chi connectivity index (χ1v) is 7.29. The van der Waals surface area contributed by atoms with Crippen molar-refractivity contribution in [1.82, 2.24) is 19.7 Å². The van der Waals surface area contributed by atoms with Crippen LogP contribution in [0.1, 0.15) is 0 Å². The molecule has 0 saturated heterocycles. The van der Waals surface area contributed by atoms with Crippen LogP contribution in [0.25, 0.3) is 17.2 Å². The van der Waals surface area contributed by atoms with E-state index in [2.05, 4.69) is 31.1 Å². The van der Waals surface area contributed by atoms with Gasteiger partial charge in [0, 0.05) is 15.7 Å². The van der Waals surface area contributed by atoms with Gasteiger partial charge in [0.25, 0.3) is 0 Å². The van der Waals surface area contributed by atoms with E-state index in [1.54, 1.807) is 16.8 Å². The van der Waals surface area contributed by atoms with Crippen molar-refractivity contribution >= 4 is 39.7 Å². The zero-order valence-corrected chi connectivity index (χ0v) is 13.2. The lowest BCUT2D eigenvalue weighted by Crippen LogP contribution is -2.00. The number of aromatic amines is 1. The van der Waals surface area contributed by atoms with Gasteiger partial charge in [-0.3, -0.25) is 14.6 Å². The van der Waals surface area contributed by atoms with E-state index in [1.807, 2.05) is 30.3 Å². The molecule has 0 aliphatic rings. The summed E-state index contributed by atoms with van der Waals surface area (Å²) >= 11 is 14.9. The minimum Gasteiger partial charge on any atom is -0.266 e. The maximum atomic E-state index is 6.07. The second-order valence-corrected chi connectivity index (χ2v) is 5.68. The van der Waals surface area contributed by atoms with E-state index in [9.17, 15) is 0 Å². The predicted octanol–water partition coefficient (Wildman–Crippen LogP) is 4.41. The van der Waals surface area contributed by atoms with Crippen LogP contribution in [0.2, 0.25) is 5.02 Å². The molecular weight excluding hydrogens is 360 g/mol. The summed E-state index contributed by atoms with van der Waals surface area (Å²) in [6.45, 7) is 0. The molecule has 4 nitrogen and oxygen atoms in total. The maximum Gasteiger partial charge on any atom is 0.200 e. The van der Waals surface area contributed by atoms with Crippen molar-refractivity contribution in [1.29, 1.82) is 0 Å². The molecule has 7 heteroatoms. The molecule has 2 heterocycles. The maximum absolute atomic E-state index is 6.07. The predicted molar refractivity (Wildman–Crippen MR) is 84.7 cm³/mol. The number of hydrogen-bond acceptors (Lipinski definition) is 3. The highest BCUT2D eigenvalue weighted by atomic mass is 79.9. The van der Waals surface area contributed by atoms with E-state index < -0.39 is 0 Å². The number of rotatable bonds is 2. The minimum atomic E-state index is 0.480. The Morgan fingerprint density at radius 3 is 2.85 bits per heavy atom. The number of halogens is 2.